The smallest absolute Gasteiger partial charge is 0.251 e. The van der Waals surface area contributed by atoms with E-state index < -0.39 is 0 Å². The van der Waals surface area contributed by atoms with Gasteiger partial charge in [-0.1, -0.05) is 49.4 Å². The van der Waals surface area contributed by atoms with Crippen LogP contribution in [0.25, 0.3) is 22.6 Å². The predicted octanol–water partition coefficient (Wildman–Crippen LogP) is 4.09. The maximum atomic E-state index is 12.4. The number of rotatable bonds is 6. The first-order valence-corrected chi connectivity index (χ1v) is 9.50. The van der Waals surface area contributed by atoms with Crippen molar-refractivity contribution in [1.29, 1.82) is 0 Å². The van der Waals surface area contributed by atoms with Gasteiger partial charge < -0.3 is 9.88 Å². The van der Waals surface area contributed by atoms with Crippen LogP contribution < -0.4 is 5.32 Å². The third kappa shape index (κ3) is 3.64. The number of aromatic nitrogens is 3. The largest absolute Gasteiger partial charge is 0.350 e. The van der Waals surface area contributed by atoms with Gasteiger partial charge >= 0.3 is 0 Å². The lowest BCUT2D eigenvalue weighted by atomic mass is 10.1. The number of nitrogens with zero attached hydrogens (tertiary/aromatic N) is 3. The van der Waals surface area contributed by atoms with Gasteiger partial charge in [0.15, 0.2) is 5.65 Å². The normalized spacial score (nSPS) is 10.9. The molecule has 0 aliphatic carbocycles. The van der Waals surface area contributed by atoms with Gasteiger partial charge in [0, 0.05) is 30.4 Å². The van der Waals surface area contributed by atoms with Gasteiger partial charge in [-0.05, 0) is 36.2 Å². The maximum Gasteiger partial charge on any atom is 0.251 e. The highest BCUT2D eigenvalue weighted by Gasteiger charge is 2.13. The molecule has 2 aromatic carbocycles. The molecule has 2 heterocycles. The molecule has 0 bridgehead atoms. The molecule has 1 N–H and O–H groups in total. The van der Waals surface area contributed by atoms with Crippen molar-refractivity contribution in [3.05, 3.63) is 84.1 Å². The summed E-state index contributed by atoms with van der Waals surface area (Å²) in [5.74, 6) is 0.789. The minimum absolute atomic E-state index is 0.0682. The van der Waals surface area contributed by atoms with Crippen LogP contribution in [0.5, 0.6) is 0 Å². The van der Waals surface area contributed by atoms with E-state index in [4.69, 9.17) is 4.98 Å². The van der Waals surface area contributed by atoms with E-state index in [1.54, 1.807) is 6.20 Å². The molecule has 0 spiro atoms. The minimum atomic E-state index is -0.0682. The van der Waals surface area contributed by atoms with E-state index >= 15 is 0 Å². The lowest BCUT2D eigenvalue weighted by Gasteiger charge is -2.10. The summed E-state index contributed by atoms with van der Waals surface area (Å²) in [5, 5.41) is 3.00. The van der Waals surface area contributed by atoms with Gasteiger partial charge in [0.25, 0.3) is 5.91 Å². The molecule has 0 unspecified atom stereocenters. The fourth-order valence-corrected chi connectivity index (χ4v) is 3.25. The van der Waals surface area contributed by atoms with Gasteiger partial charge in [-0.2, -0.15) is 0 Å². The number of hydrogen-bond donors (Lipinski definition) is 1. The van der Waals surface area contributed by atoms with Crippen LogP contribution in [0.1, 0.15) is 22.8 Å². The van der Waals surface area contributed by atoms with E-state index in [9.17, 15) is 4.79 Å². The van der Waals surface area contributed by atoms with Gasteiger partial charge in [-0.3, -0.25) is 4.79 Å². The van der Waals surface area contributed by atoms with Crippen molar-refractivity contribution in [3.63, 3.8) is 0 Å². The standard InChI is InChI=1S/C23H22N4O/c1-2-17-10-12-19(13-11-17)23(28)25-15-16-27-21(18-7-4-3-5-8-18)26-20-9-6-14-24-22(20)27/h3-14H,2,15-16H2,1H3,(H,25,28). The minimum Gasteiger partial charge on any atom is -0.350 e. The molecule has 0 atom stereocenters. The SMILES string of the molecule is CCc1ccc(C(=O)NCCn2c(-c3ccccc3)nc3cccnc32)cc1. The van der Waals surface area contributed by atoms with Crippen molar-refractivity contribution in [2.45, 2.75) is 19.9 Å². The van der Waals surface area contributed by atoms with Gasteiger partial charge in [0.05, 0.1) is 0 Å². The molecule has 140 valence electrons. The van der Waals surface area contributed by atoms with Gasteiger partial charge in [0.1, 0.15) is 11.3 Å². The molecule has 0 aliphatic rings. The summed E-state index contributed by atoms with van der Waals surface area (Å²) in [6.45, 7) is 3.19. The number of amides is 1. The number of benzene rings is 2. The molecule has 4 aromatic rings. The predicted molar refractivity (Wildman–Crippen MR) is 111 cm³/mol. The summed E-state index contributed by atoms with van der Waals surface area (Å²) in [6.07, 6.45) is 2.73. The molecular weight excluding hydrogens is 348 g/mol. The highest BCUT2D eigenvalue weighted by molar-refractivity contribution is 5.94. The average molecular weight is 370 g/mol. The summed E-state index contributed by atoms with van der Waals surface area (Å²) >= 11 is 0. The lowest BCUT2D eigenvalue weighted by Crippen LogP contribution is -2.27. The molecular formula is C23H22N4O. The van der Waals surface area contributed by atoms with E-state index in [-0.39, 0.29) is 5.91 Å². The number of nitrogens with one attached hydrogen (secondary N) is 1. The van der Waals surface area contributed by atoms with Crippen molar-refractivity contribution < 1.29 is 4.79 Å². The quantitative estimate of drug-likeness (QED) is 0.556. The summed E-state index contributed by atoms with van der Waals surface area (Å²) in [4.78, 5) is 21.7. The van der Waals surface area contributed by atoms with Crippen LogP contribution in [-0.4, -0.2) is 27.0 Å². The first-order chi connectivity index (χ1) is 13.8. The molecule has 0 radical (unpaired) electrons. The molecule has 0 fully saturated rings. The molecule has 1 amide bonds. The van der Waals surface area contributed by atoms with E-state index in [0.717, 1.165) is 29.0 Å². The van der Waals surface area contributed by atoms with E-state index in [1.807, 2.05) is 66.7 Å². The van der Waals surface area contributed by atoms with Crippen LogP contribution in [0, 0.1) is 0 Å². The summed E-state index contributed by atoms with van der Waals surface area (Å²) in [6, 6.07) is 21.6. The fourth-order valence-electron chi connectivity index (χ4n) is 3.25. The van der Waals surface area contributed by atoms with Crippen molar-refractivity contribution in [3.8, 4) is 11.4 Å². The molecule has 0 saturated carbocycles. The Morgan fingerprint density at radius 1 is 1.00 bits per heavy atom. The van der Waals surface area contributed by atoms with E-state index in [2.05, 4.69) is 21.8 Å². The Hall–Kier alpha value is -3.47. The lowest BCUT2D eigenvalue weighted by molar-refractivity contribution is 0.0952. The van der Waals surface area contributed by atoms with E-state index in [0.29, 0.717) is 18.7 Å². The third-order valence-corrected chi connectivity index (χ3v) is 4.78. The highest BCUT2D eigenvalue weighted by atomic mass is 16.1. The zero-order valence-corrected chi connectivity index (χ0v) is 15.8. The third-order valence-electron chi connectivity index (χ3n) is 4.78. The maximum absolute atomic E-state index is 12.4. The summed E-state index contributed by atoms with van der Waals surface area (Å²) in [5.41, 5.74) is 4.60. The Morgan fingerprint density at radius 2 is 1.79 bits per heavy atom. The second-order valence-corrected chi connectivity index (χ2v) is 6.61. The molecule has 0 saturated heterocycles. The Labute approximate surface area is 164 Å². The second-order valence-electron chi connectivity index (χ2n) is 6.61. The highest BCUT2D eigenvalue weighted by Crippen LogP contribution is 2.23. The fraction of sp³-hybridized carbons (Fsp3) is 0.174. The molecule has 5 nitrogen and oxygen atoms in total. The number of imidazole rings is 1. The van der Waals surface area contributed by atoms with Crippen LogP contribution in [0.2, 0.25) is 0 Å². The number of aryl methyl sites for hydroxylation is 1. The molecule has 5 heteroatoms. The topological polar surface area (TPSA) is 59.8 Å². The van der Waals surface area contributed by atoms with Crippen molar-refractivity contribution in [2.75, 3.05) is 6.54 Å². The average Bonchev–Trinajstić information content (AvgIpc) is 3.13. The van der Waals surface area contributed by atoms with Crippen LogP contribution in [-0.2, 0) is 13.0 Å². The van der Waals surface area contributed by atoms with Crippen LogP contribution in [0.3, 0.4) is 0 Å². The second kappa shape index (κ2) is 8.05. The van der Waals surface area contributed by atoms with Crippen molar-refractivity contribution in [2.24, 2.45) is 0 Å². The molecule has 28 heavy (non-hydrogen) atoms. The molecule has 4 rings (SSSR count). The monoisotopic (exact) mass is 370 g/mol. The van der Waals surface area contributed by atoms with Crippen LogP contribution in [0.4, 0.5) is 0 Å². The Balaban J connectivity index is 1.53. The summed E-state index contributed by atoms with van der Waals surface area (Å²) < 4.78 is 2.06. The number of pyridine rings is 1. The Kier molecular flexibility index (Phi) is 5.15. The van der Waals surface area contributed by atoms with Crippen LogP contribution >= 0.6 is 0 Å². The first-order valence-electron chi connectivity index (χ1n) is 9.50. The van der Waals surface area contributed by atoms with Gasteiger partial charge in [-0.25, -0.2) is 9.97 Å². The number of carbonyl (C=O) groups excluding carboxylic acids is 1. The van der Waals surface area contributed by atoms with Gasteiger partial charge in [-0.15, -0.1) is 0 Å². The number of hydrogen-bond acceptors (Lipinski definition) is 3. The molecule has 0 aliphatic heterocycles. The van der Waals surface area contributed by atoms with E-state index in [1.165, 1.54) is 5.56 Å². The zero-order chi connectivity index (χ0) is 19.3. The number of carbonyl (C=O) groups is 1. The zero-order valence-electron chi connectivity index (χ0n) is 15.8. The first kappa shape index (κ1) is 17.9. The van der Waals surface area contributed by atoms with Crippen molar-refractivity contribution >= 4 is 17.1 Å². The van der Waals surface area contributed by atoms with Crippen molar-refractivity contribution in [1.82, 2.24) is 19.9 Å². The summed E-state index contributed by atoms with van der Waals surface area (Å²) in [7, 11) is 0. The van der Waals surface area contributed by atoms with Gasteiger partial charge in [0.2, 0.25) is 0 Å². The number of fused-ring (bicyclic) bond motifs is 1. The van der Waals surface area contributed by atoms with Crippen LogP contribution in [0.15, 0.2) is 72.9 Å². The Bertz CT molecular complexity index is 1080. The molecule has 2 aromatic heterocycles. The Morgan fingerprint density at radius 3 is 2.54 bits per heavy atom.